The van der Waals surface area contributed by atoms with E-state index in [4.69, 9.17) is 9.57 Å². The standard InChI is InChI=1S/C15H21NO6/c1-3-6-12(21-2)11(17)7-4-5-8-15(20)22-16-13(18)9-10-14(16)19/h3,6,17H,4-5,7-10H2,1-2H3/b6-3+,12-11+. The number of methoxy groups -OCH3 is 1. The maximum absolute atomic E-state index is 11.5. The number of nitrogens with zero attached hydrogens (tertiary/aromatic N) is 1. The molecule has 1 rings (SSSR count). The largest absolute Gasteiger partial charge is 0.508 e. The Morgan fingerprint density at radius 3 is 2.36 bits per heavy atom. The molecule has 22 heavy (non-hydrogen) atoms. The number of imide groups is 1. The van der Waals surface area contributed by atoms with Crippen molar-refractivity contribution in [3.05, 3.63) is 23.7 Å². The van der Waals surface area contributed by atoms with Gasteiger partial charge in [-0.15, -0.1) is 5.06 Å². The fourth-order valence-electron chi connectivity index (χ4n) is 1.92. The van der Waals surface area contributed by atoms with Gasteiger partial charge in [0, 0.05) is 25.7 Å². The molecule has 0 radical (unpaired) electrons. The lowest BCUT2D eigenvalue weighted by molar-refractivity contribution is -0.197. The number of aliphatic hydroxyl groups excluding tert-OH is 1. The third kappa shape index (κ3) is 5.23. The Bertz CT molecular complexity index is 478. The fraction of sp³-hybridized carbons (Fsp3) is 0.533. The number of allylic oxidation sites excluding steroid dienone is 3. The summed E-state index contributed by atoms with van der Waals surface area (Å²) in [7, 11) is 1.47. The van der Waals surface area contributed by atoms with Crippen molar-refractivity contribution in [1.82, 2.24) is 5.06 Å². The van der Waals surface area contributed by atoms with E-state index in [2.05, 4.69) is 0 Å². The lowest BCUT2D eigenvalue weighted by atomic mass is 10.1. The lowest BCUT2D eigenvalue weighted by Gasteiger charge is -2.12. The Morgan fingerprint density at radius 2 is 1.82 bits per heavy atom. The van der Waals surface area contributed by atoms with Crippen LogP contribution in [0.15, 0.2) is 23.7 Å². The van der Waals surface area contributed by atoms with Gasteiger partial charge in [0.05, 0.1) is 7.11 Å². The molecular formula is C15H21NO6. The maximum Gasteiger partial charge on any atom is 0.333 e. The highest BCUT2D eigenvalue weighted by Gasteiger charge is 2.32. The molecule has 0 saturated carbocycles. The van der Waals surface area contributed by atoms with E-state index in [1.807, 2.05) is 6.92 Å². The summed E-state index contributed by atoms with van der Waals surface area (Å²) in [5.41, 5.74) is 0. The van der Waals surface area contributed by atoms with E-state index in [-0.39, 0.29) is 25.0 Å². The summed E-state index contributed by atoms with van der Waals surface area (Å²) >= 11 is 0. The van der Waals surface area contributed by atoms with E-state index in [9.17, 15) is 19.5 Å². The zero-order valence-corrected chi connectivity index (χ0v) is 12.8. The molecule has 1 aliphatic heterocycles. The molecule has 0 aromatic heterocycles. The Hall–Kier alpha value is -2.31. The molecule has 7 heteroatoms. The van der Waals surface area contributed by atoms with Crippen LogP contribution in [0.5, 0.6) is 0 Å². The van der Waals surface area contributed by atoms with Crippen molar-refractivity contribution >= 4 is 17.8 Å². The second kappa shape index (κ2) is 8.86. The van der Waals surface area contributed by atoms with Crippen LogP contribution in [0, 0.1) is 0 Å². The highest BCUT2D eigenvalue weighted by Crippen LogP contribution is 2.15. The summed E-state index contributed by atoms with van der Waals surface area (Å²) in [6.07, 6.45) is 4.99. The van der Waals surface area contributed by atoms with Gasteiger partial charge in [0.2, 0.25) is 0 Å². The van der Waals surface area contributed by atoms with E-state index in [0.717, 1.165) is 0 Å². The number of carbonyl (C=O) groups is 3. The number of aliphatic hydroxyl groups is 1. The molecule has 0 unspecified atom stereocenters. The van der Waals surface area contributed by atoms with Crippen LogP contribution in [0.1, 0.15) is 45.4 Å². The number of hydrogen-bond donors (Lipinski definition) is 1. The summed E-state index contributed by atoms with van der Waals surface area (Å²) in [4.78, 5) is 38.8. The number of carbonyl (C=O) groups excluding carboxylic acids is 3. The highest BCUT2D eigenvalue weighted by molar-refractivity contribution is 6.01. The zero-order chi connectivity index (χ0) is 16.5. The van der Waals surface area contributed by atoms with E-state index in [0.29, 0.717) is 30.1 Å². The van der Waals surface area contributed by atoms with Gasteiger partial charge in [-0.05, 0) is 25.8 Å². The van der Waals surface area contributed by atoms with E-state index >= 15 is 0 Å². The van der Waals surface area contributed by atoms with Gasteiger partial charge in [0.1, 0.15) is 5.76 Å². The van der Waals surface area contributed by atoms with Crippen molar-refractivity contribution in [3.63, 3.8) is 0 Å². The Labute approximate surface area is 129 Å². The number of unbranched alkanes of at least 4 members (excludes halogenated alkanes) is 1. The average molecular weight is 311 g/mol. The molecule has 1 fully saturated rings. The molecule has 2 amide bonds. The van der Waals surface area contributed by atoms with Crippen molar-refractivity contribution in [3.8, 4) is 0 Å². The van der Waals surface area contributed by atoms with Crippen LogP contribution >= 0.6 is 0 Å². The van der Waals surface area contributed by atoms with Crippen molar-refractivity contribution < 1.29 is 29.1 Å². The smallest absolute Gasteiger partial charge is 0.333 e. The van der Waals surface area contributed by atoms with Crippen LogP contribution in [0.3, 0.4) is 0 Å². The van der Waals surface area contributed by atoms with Gasteiger partial charge >= 0.3 is 5.97 Å². The summed E-state index contributed by atoms with van der Waals surface area (Å²) in [6, 6.07) is 0. The van der Waals surface area contributed by atoms with Gasteiger partial charge in [-0.2, -0.15) is 0 Å². The van der Waals surface area contributed by atoms with Crippen LogP contribution in [0.25, 0.3) is 0 Å². The minimum Gasteiger partial charge on any atom is -0.508 e. The van der Waals surface area contributed by atoms with E-state index in [1.165, 1.54) is 7.11 Å². The molecule has 0 aromatic rings. The van der Waals surface area contributed by atoms with E-state index in [1.54, 1.807) is 12.2 Å². The molecule has 0 bridgehead atoms. The first-order valence-electron chi connectivity index (χ1n) is 7.15. The van der Waals surface area contributed by atoms with Crippen LogP contribution in [-0.4, -0.2) is 35.1 Å². The number of rotatable bonds is 8. The number of hydroxylamine groups is 2. The lowest BCUT2D eigenvalue weighted by Crippen LogP contribution is -2.31. The molecule has 1 aliphatic rings. The van der Waals surface area contributed by atoms with Gasteiger partial charge in [0.15, 0.2) is 5.76 Å². The number of amides is 2. The SMILES string of the molecule is C/C=C/C(OC)=C(\O)CCCCC(=O)ON1C(=O)CCC1=O. The van der Waals surface area contributed by atoms with Crippen LogP contribution in [-0.2, 0) is 24.0 Å². The third-order valence-electron chi connectivity index (χ3n) is 3.07. The average Bonchev–Trinajstić information content (AvgIpc) is 2.80. The summed E-state index contributed by atoms with van der Waals surface area (Å²) in [6.45, 7) is 1.81. The maximum atomic E-state index is 11.5. The monoisotopic (exact) mass is 311 g/mol. The minimum absolute atomic E-state index is 0.0657. The Kier molecular flexibility index (Phi) is 7.15. The molecule has 1 heterocycles. The molecule has 0 spiro atoms. The summed E-state index contributed by atoms with van der Waals surface area (Å²) < 4.78 is 5.01. The van der Waals surface area contributed by atoms with Gasteiger partial charge in [0.25, 0.3) is 11.8 Å². The van der Waals surface area contributed by atoms with Crippen molar-refractivity contribution in [2.45, 2.75) is 45.4 Å². The first-order chi connectivity index (χ1) is 10.5. The molecule has 0 atom stereocenters. The van der Waals surface area contributed by atoms with E-state index < -0.39 is 17.8 Å². The predicted molar refractivity (Wildman–Crippen MR) is 77.1 cm³/mol. The number of ether oxygens (including phenoxy) is 1. The van der Waals surface area contributed by atoms with Gasteiger partial charge in [-0.3, -0.25) is 9.59 Å². The van der Waals surface area contributed by atoms with Crippen molar-refractivity contribution in [1.29, 1.82) is 0 Å². The predicted octanol–water partition coefficient (Wildman–Crippen LogP) is 2.15. The Balaban J connectivity index is 2.31. The zero-order valence-electron chi connectivity index (χ0n) is 12.8. The summed E-state index contributed by atoms with van der Waals surface area (Å²) in [5.74, 6) is -1.12. The normalized spacial score (nSPS) is 16.2. The van der Waals surface area contributed by atoms with Gasteiger partial charge < -0.3 is 14.7 Å². The van der Waals surface area contributed by atoms with Crippen molar-refractivity contribution in [2.24, 2.45) is 0 Å². The fourth-order valence-corrected chi connectivity index (χ4v) is 1.92. The second-order valence-corrected chi connectivity index (χ2v) is 4.77. The summed E-state index contributed by atoms with van der Waals surface area (Å²) in [5, 5.41) is 10.3. The minimum atomic E-state index is -0.632. The first-order valence-corrected chi connectivity index (χ1v) is 7.15. The topological polar surface area (TPSA) is 93.1 Å². The molecule has 0 aromatic carbocycles. The Morgan fingerprint density at radius 1 is 1.23 bits per heavy atom. The number of hydrogen-bond acceptors (Lipinski definition) is 6. The molecular weight excluding hydrogens is 290 g/mol. The molecule has 1 N–H and O–H groups in total. The van der Waals surface area contributed by atoms with Crippen LogP contribution in [0.4, 0.5) is 0 Å². The molecule has 1 saturated heterocycles. The molecule has 122 valence electrons. The first kappa shape index (κ1) is 17.7. The highest BCUT2D eigenvalue weighted by atomic mass is 16.7. The van der Waals surface area contributed by atoms with Crippen LogP contribution < -0.4 is 0 Å². The van der Waals surface area contributed by atoms with Crippen molar-refractivity contribution in [2.75, 3.05) is 7.11 Å². The van der Waals surface area contributed by atoms with Crippen LogP contribution in [0.2, 0.25) is 0 Å². The second-order valence-electron chi connectivity index (χ2n) is 4.77. The third-order valence-corrected chi connectivity index (χ3v) is 3.07. The van der Waals surface area contributed by atoms with Gasteiger partial charge in [-0.25, -0.2) is 4.79 Å². The molecule has 0 aliphatic carbocycles. The van der Waals surface area contributed by atoms with Gasteiger partial charge in [-0.1, -0.05) is 6.08 Å². The quantitative estimate of drug-likeness (QED) is 0.319. The molecule has 7 nitrogen and oxygen atoms in total.